The lowest BCUT2D eigenvalue weighted by atomic mass is 10.2. The first-order valence-corrected chi connectivity index (χ1v) is 7.15. The second-order valence-electron chi connectivity index (χ2n) is 4.92. The van der Waals surface area contributed by atoms with Crippen molar-refractivity contribution in [3.8, 4) is 5.75 Å². The minimum atomic E-state index is -4.78. The van der Waals surface area contributed by atoms with Gasteiger partial charge in [-0.15, -0.1) is 13.2 Å². The van der Waals surface area contributed by atoms with Crippen molar-refractivity contribution in [3.05, 3.63) is 46.9 Å². The highest BCUT2D eigenvalue weighted by Crippen LogP contribution is 2.30. The van der Waals surface area contributed by atoms with Crippen LogP contribution in [0.4, 0.5) is 19.0 Å². The zero-order chi connectivity index (χ0) is 17.3. The van der Waals surface area contributed by atoms with Crippen molar-refractivity contribution in [2.24, 2.45) is 0 Å². The fourth-order valence-electron chi connectivity index (χ4n) is 2.11. The van der Waals surface area contributed by atoms with Crippen molar-refractivity contribution >= 4 is 23.2 Å². The molecule has 0 spiro atoms. The van der Waals surface area contributed by atoms with Crippen molar-refractivity contribution in [2.75, 3.05) is 5.32 Å². The van der Waals surface area contributed by atoms with Crippen LogP contribution in [0.5, 0.6) is 5.75 Å². The summed E-state index contributed by atoms with van der Waals surface area (Å²) >= 11 is 5.83. The Bertz CT molecular complexity index is 880. The predicted molar refractivity (Wildman–Crippen MR) is 81.0 cm³/mol. The largest absolute Gasteiger partial charge is 0.573 e. The highest BCUT2D eigenvalue weighted by atomic mass is 35.5. The minimum absolute atomic E-state index is 0.122. The van der Waals surface area contributed by atoms with Gasteiger partial charge in [0.25, 0.3) is 5.78 Å². The van der Waals surface area contributed by atoms with E-state index in [1.807, 2.05) is 6.92 Å². The summed E-state index contributed by atoms with van der Waals surface area (Å²) in [7, 11) is 0. The van der Waals surface area contributed by atoms with Crippen molar-refractivity contribution in [3.63, 3.8) is 0 Å². The van der Waals surface area contributed by atoms with Gasteiger partial charge in [-0.1, -0.05) is 17.7 Å². The second-order valence-corrected chi connectivity index (χ2v) is 5.33. The van der Waals surface area contributed by atoms with E-state index in [0.29, 0.717) is 23.7 Å². The average Bonchev–Trinajstić information content (AvgIpc) is 2.94. The summed E-state index contributed by atoms with van der Waals surface area (Å²) in [4.78, 5) is 8.23. The van der Waals surface area contributed by atoms with Crippen LogP contribution in [0.1, 0.15) is 11.3 Å². The summed E-state index contributed by atoms with van der Waals surface area (Å²) < 4.78 is 42.1. The van der Waals surface area contributed by atoms with Gasteiger partial charge in [-0.05, 0) is 24.6 Å². The molecule has 0 unspecified atom stereocenters. The molecule has 3 rings (SSSR count). The Labute approximate surface area is 139 Å². The van der Waals surface area contributed by atoms with E-state index in [4.69, 9.17) is 11.6 Å². The predicted octanol–water partition coefficient (Wildman–Crippen LogP) is 3.60. The number of hydrogen-bond donors (Lipinski definition) is 1. The summed E-state index contributed by atoms with van der Waals surface area (Å²) in [6.45, 7) is 2.14. The summed E-state index contributed by atoms with van der Waals surface area (Å²) in [5, 5.41) is 7.06. The maximum atomic E-state index is 12.2. The Morgan fingerprint density at radius 1 is 1.29 bits per heavy atom. The van der Waals surface area contributed by atoms with Crippen LogP contribution in [-0.2, 0) is 6.54 Å². The lowest BCUT2D eigenvalue weighted by Crippen LogP contribution is -2.17. The average molecular weight is 358 g/mol. The van der Waals surface area contributed by atoms with Crippen molar-refractivity contribution in [1.82, 2.24) is 19.6 Å². The van der Waals surface area contributed by atoms with Crippen LogP contribution >= 0.6 is 11.6 Å². The first kappa shape index (κ1) is 16.3. The summed E-state index contributed by atoms with van der Waals surface area (Å²) in [5.41, 5.74) is 1.43. The summed E-state index contributed by atoms with van der Waals surface area (Å²) in [6, 6.07) is 5.86. The maximum absolute atomic E-state index is 12.2. The number of hydrogen-bond acceptors (Lipinski definition) is 5. The van der Waals surface area contributed by atoms with Gasteiger partial charge < -0.3 is 10.1 Å². The van der Waals surface area contributed by atoms with E-state index in [9.17, 15) is 13.2 Å². The van der Waals surface area contributed by atoms with E-state index in [2.05, 4.69) is 25.1 Å². The molecule has 0 amide bonds. The van der Waals surface area contributed by atoms with Gasteiger partial charge in [0.15, 0.2) is 0 Å². The molecule has 0 aliphatic carbocycles. The molecule has 0 aliphatic rings. The normalized spacial score (nSPS) is 11.7. The van der Waals surface area contributed by atoms with Crippen LogP contribution in [0.2, 0.25) is 5.02 Å². The van der Waals surface area contributed by atoms with E-state index < -0.39 is 12.1 Å². The van der Waals surface area contributed by atoms with E-state index in [0.717, 1.165) is 5.69 Å². The van der Waals surface area contributed by atoms with E-state index >= 15 is 0 Å². The third kappa shape index (κ3) is 3.67. The first-order chi connectivity index (χ1) is 11.3. The number of fused-ring (bicyclic) bond motifs is 1. The van der Waals surface area contributed by atoms with Crippen molar-refractivity contribution < 1.29 is 17.9 Å². The van der Waals surface area contributed by atoms with E-state index in [1.54, 1.807) is 6.07 Å². The molecule has 0 atom stereocenters. The van der Waals surface area contributed by atoms with Gasteiger partial charge in [0.2, 0.25) is 0 Å². The topological polar surface area (TPSA) is 64.3 Å². The lowest BCUT2D eigenvalue weighted by Gasteiger charge is -2.12. The Kier molecular flexibility index (Phi) is 4.18. The third-order valence-electron chi connectivity index (χ3n) is 3.08. The molecule has 6 nitrogen and oxygen atoms in total. The van der Waals surface area contributed by atoms with Crippen LogP contribution in [0.15, 0.2) is 30.6 Å². The summed E-state index contributed by atoms with van der Waals surface area (Å²) in [6.07, 6.45) is -3.40. The number of ether oxygens (including phenoxy) is 1. The number of aryl methyl sites for hydroxylation is 1. The number of benzene rings is 1. The molecule has 3 aromatic rings. The number of nitrogens with zero attached hydrogens (tertiary/aromatic N) is 4. The molecule has 2 aromatic heterocycles. The number of anilines is 1. The maximum Gasteiger partial charge on any atom is 0.573 e. The molecule has 1 N–H and O–H groups in total. The quantitative estimate of drug-likeness (QED) is 0.773. The molecule has 2 heterocycles. The number of aromatic nitrogens is 4. The smallest absolute Gasteiger partial charge is 0.404 e. The molecule has 1 aromatic carbocycles. The van der Waals surface area contributed by atoms with Crippen LogP contribution in [0.25, 0.3) is 5.78 Å². The van der Waals surface area contributed by atoms with Crippen molar-refractivity contribution in [2.45, 2.75) is 19.8 Å². The van der Waals surface area contributed by atoms with Crippen LogP contribution in [-0.4, -0.2) is 25.9 Å². The zero-order valence-corrected chi connectivity index (χ0v) is 13.1. The van der Waals surface area contributed by atoms with Gasteiger partial charge >= 0.3 is 6.36 Å². The molecule has 0 saturated carbocycles. The monoisotopic (exact) mass is 357 g/mol. The van der Waals surface area contributed by atoms with Crippen LogP contribution in [0.3, 0.4) is 0 Å². The van der Waals surface area contributed by atoms with Gasteiger partial charge in [0, 0.05) is 18.3 Å². The Hall–Kier alpha value is -2.55. The molecular formula is C14H11ClF3N5O. The molecule has 126 valence electrons. The van der Waals surface area contributed by atoms with Crippen molar-refractivity contribution in [1.29, 1.82) is 0 Å². The number of rotatable bonds is 4. The molecule has 0 saturated heterocycles. The molecule has 24 heavy (non-hydrogen) atoms. The lowest BCUT2D eigenvalue weighted by molar-refractivity contribution is -0.274. The molecule has 0 radical (unpaired) electrons. The third-order valence-corrected chi connectivity index (χ3v) is 3.37. The highest BCUT2D eigenvalue weighted by Gasteiger charge is 2.32. The van der Waals surface area contributed by atoms with Gasteiger partial charge in [0.05, 0.1) is 5.02 Å². The fraction of sp³-hybridized carbons (Fsp3) is 0.214. The van der Waals surface area contributed by atoms with E-state index in [-0.39, 0.29) is 5.02 Å². The fourth-order valence-corrected chi connectivity index (χ4v) is 2.35. The molecule has 0 fully saturated rings. The van der Waals surface area contributed by atoms with E-state index in [1.165, 1.54) is 29.0 Å². The van der Waals surface area contributed by atoms with Crippen LogP contribution < -0.4 is 10.1 Å². The molecule has 0 bridgehead atoms. The second kappa shape index (κ2) is 6.16. The highest BCUT2D eigenvalue weighted by molar-refractivity contribution is 6.32. The summed E-state index contributed by atoms with van der Waals surface area (Å²) in [5.74, 6) is 0.664. The number of nitrogens with one attached hydrogen (secondary N) is 1. The molecule has 0 aliphatic heterocycles. The van der Waals surface area contributed by atoms with Gasteiger partial charge in [-0.25, -0.2) is 4.98 Å². The Morgan fingerprint density at radius 2 is 2.08 bits per heavy atom. The standard InChI is InChI=1S/C14H11ClF3N5O/c1-8-4-12(23-13(22-8)20-7-21-23)19-6-9-2-3-11(10(15)5-9)24-14(16,17)18/h2-5,7,19H,6H2,1H3. The minimum Gasteiger partial charge on any atom is -0.404 e. The number of halogens is 4. The van der Waals surface area contributed by atoms with Gasteiger partial charge in [-0.2, -0.15) is 14.6 Å². The molecular weight excluding hydrogens is 347 g/mol. The zero-order valence-electron chi connectivity index (χ0n) is 12.3. The first-order valence-electron chi connectivity index (χ1n) is 6.77. The Balaban J connectivity index is 1.77. The van der Waals surface area contributed by atoms with Gasteiger partial charge in [-0.3, -0.25) is 0 Å². The number of alkyl halides is 3. The molecule has 10 heteroatoms. The Morgan fingerprint density at radius 3 is 2.79 bits per heavy atom. The van der Waals surface area contributed by atoms with Crippen LogP contribution in [0, 0.1) is 6.92 Å². The SMILES string of the molecule is Cc1cc(NCc2ccc(OC(F)(F)F)c(Cl)c2)n2ncnc2n1. The van der Waals surface area contributed by atoms with Gasteiger partial charge in [0.1, 0.15) is 17.9 Å².